The van der Waals surface area contributed by atoms with Crippen molar-refractivity contribution in [1.82, 2.24) is 15.0 Å². The van der Waals surface area contributed by atoms with Crippen molar-refractivity contribution in [2.75, 3.05) is 0 Å². The maximum Gasteiger partial charge on any atom is 0.178 e. The minimum atomic E-state index is 0.432. The minimum absolute atomic E-state index is 0.432. The van der Waals surface area contributed by atoms with Gasteiger partial charge in [-0.1, -0.05) is 6.07 Å². The van der Waals surface area contributed by atoms with Gasteiger partial charge in [0.2, 0.25) is 0 Å². The molecule has 2 heterocycles. The van der Waals surface area contributed by atoms with Crippen molar-refractivity contribution in [3.8, 4) is 11.5 Å². The zero-order valence-corrected chi connectivity index (χ0v) is 9.07. The predicted molar refractivity (Wildman–Crippen MR) is 59.6 cm³/mol. The molecular weight excluding hydrogens is 210 g/mol. The van der Waals surface area contributed by atoms with E-state index in [1.165, 1.54) is 0 Å². The molecule has 2 aromatic rings. The predicted octanol–water partition coefficient (Wildman–Crippen LogP) is 2.59. The summed E-state index contributed by atoms with van der Waals surface area (Å²) >= 11 is 5.65. The number of alkyl halides is 1. The summed E-state index contributed by atoms with van der Waals surface area (Å²) in [5.74, 6) is 1.06. The first-order valence-electron chi connectivity index (χ1n) is 4.59. The van der Waals surface area contributed by atoms with Crippen molar-refractivity contribution in [2.24, 2.45) is 0 Å². The second-order valence-corrected chi connectivity index (χ2v) is 3.54. The minimum Gasteiger partial charge on any atom is -0.253 e. The number of pyridine rings is 1. The van der Waals surface area contributed by atoms with Gasteiger partial charge in [-0.15, -0.1) is 11.6 Å². The molecule has 0 saturated heterocycles. The van der Waals surface area contributed by atoms with Gasteiger partial charge in [0, 0.05) is 24.2 Å². The molecule has 0 amide bonds. The molecule has 0 aromatic carbocycles. The molecule has 15 heavy (non-hydrogen) atoms. The Kier molecular flexibility index (Phi) is 2.92. The fraction of sp³-hybridized carbons (Fsp3) is 0.182. The highest BCUT2D eigenvalue weighted by Gasteiger charge is 2.01. The molecule has 3 nitrogen and oxygen atoms in total. The van der Waals surface area contributed by atoms with Crippen LogP contribution < -0.4 is 0 Å². The number of halogens is 1. The Hall–Kier alpha value is -1.48. The van der Waals surface area contributed by atoms with Crippen LogP contribution >= 0.6 is 11.6 Å². The molecule has 0 N–H and O–H groups in total. The molecule has 0 aliphatic heterocycles. The van der Waals surface area contributed by atoms with E-state index < -0.39 is 0 Å². The lowest BCUT2D eigenvalue weighted by molar-refractivity contribution is 1.10. The van der Waals surface area contributed by atoms with Crippen LogP contribution in [0, 0.1) is 6.92 Å². The van der Waals surface area contributed by atoms with Crippen LogP contribution in [-0.2, 0) is 5.88 Å². The topological polar surface area (TPSA) is 38.7 Å². The van der Waals surface area contributed by atoms with Crippen LogP contribution in [0.4, 0.5) is 0 Å². The molecule has 0 atom stereocenters. The molecule has 0 unspecified atom stereocenters. The van der Waals surface area contributed by atoms with Gasteiger partial charge in [-0.05, 0) is 18.6 Å². The van der Waals surface area contributed by atoms with Crippen molar-refractivity contribution >= 4 is 11.6 Å². The fourth-order valence-electron chi connectivity index (χ4n) is 1.16. The van der Waals surface area contributed by atoms with E-state index in [2.05, 4.69) is 15.0 Å². The number of hydrogen-bond donors (Lipinski definition) is 0. The summed E-state index contributed by atoms with van der Waals surface area (Å²) in [6, 6.07) is 3.90. The number of aromatic nitrogens is 3. The third-order valence-corrected chi connectivity index (χ3v) is 2.31. The van der Waals surface area contributed by atoms with E-state index >= 15 is 0 Å². The Morgan fingerprint density at radius 2 is 1.80 bits per heavy atom. The lowest BCUT2D eigenvalue weighted by Crippen LogP contribution is -1.92. The standard InChI is InChI=1S/C11H10ClN3/c1-8-2-3-10(13-5-8)11-14-6-9(4-12)7-15-11/h2-3,5-7H,4H2,1H3. The van der Waals surface area contributed by atoms with Crippen LogP contribution in [0.1, 0.15) is 11.1 Å². The molecule has 0 spiro atoms. The van der Waals surface area contributed by atoms with Gasteiger partial charge in [-0.2, -0.15) is 0 Å². The molecule has 2 rings (SSSR count). The average Bonchev–Trinajstić information content (AvgIpc) is 2.30. The monoisotopic (exact) mass is 219 g/mol. The van der Waals surface area contributed by atoms with Gasteiger partial charge in [-0.25, -0.2) is 9.97 Å². The third-order valence-electron chi connectivity index (χ3n) is 2.00. The van der Waals surface area contributed by atoms with Crippen LogP contribution in [-0.4, -0.2) is 15.0 Å². The molecule has 0 saturated carbocycles. The molecule has 0 aliphatic rings. The van der Waals surface area contributed by atoms with Gasteiger partial charge in [0.15, 0.2) is 5.82 Å². The normalized spacial score (nSPS) is 10.3. The van der Waals surface area contributed by atoms with E-state index in [0.29, 0.717) is 11.7 Å². The van der Waals surface area contributed by atoms with Crippen LogP contribution in [0.2, 0.25) is 0 Å². The van der Waals surface area contributed by atoms with Crippen molar-refractivity contribution in [2.45, 2.75) is 12.8 Å². The van der Waals surface area contributed by atoms with Crippen molar-refractivity contribution < 1.29 is 0 Å². The van der Waals surface area contributed by atoms with Gasteiger partial charge < -0.3 is 0 Å². The molecule has 0 bridgehead atoms. The average molecular weight is 220 g/mol. The number of hydrogen-bond acceptors (Lipinski definition) is 3. The highest BCUT2D eigenvalue weighted by Crippen LogP contribution is 2.11. The first kappa shape index (κ1) is 10.1. The van der Waals surface area contributed by atoms with Gasteiger partial charge in [-0.3, -0.25) is 4.98 Å². The maximum absolute atomic E-state index is 5.65. The summed E-state index contributed by atoms with van der Waals surface area (Å²) in [4.78, 5) is 12.6. The molecule has 4 heteroatoms. The number of aryl methyl sites for hydroxylation is 1. The Morgan fingerprint density at radius 3 is 2.33 bits per heavy atom. The van der Waals surface area contributed by atoms with Crippen LogP contribution in [0.5, 0.6) is 0 Å². The zero-order chi connectivity index (χ0) is 10.7. The van der Waals surface area contributed by atoms with Gasteiger partial charge in [0.05, 0.1) is 5.88 Å². The largest absolute Gasteiger partial charge is 0.253 e. The fourth-order valence-corrected chi connectivity index (χ4v) is 1.29. The Labute approximate surface area is 93.2 Å². The summed E-state index contributed by atoms with van der Waals surface area (Å²) in [5, 5.41) is 0. The maximum atomic E-state index is 5.65. The molecule has 76 valence electrons. The van der Waals surface area contributed by atoms with E-state index in [-0.39, 0.29) is 0 Å². The van der Waals surface area contributed by atoms with E-state index in [1.807, 2.05) is 19.1 Å². The van der Waals surface area contributed by atoms with E-state index in [1.54, 1.807) is 18.6 Å². The highest BCUT2D eigenvalue weighted by atomic mass is 35.5. The summed E-state index contributed by atoms with van der Waals surface area (Å²) in [6.07, 6.45) is 5.24. The molecule has 0 radical (unpaired) electrons. The second kappa shape index (κ2) is 4.36. The number of nitrogens with zero attached hydrogens (tertiary/aromatic N) is 3. The van der Waals surface area contributed by atoms with Crippen molar-refractivity contribution in [3.63, 3.8) is 0 Å². The Morgan fingerprint density at radius 1 is 1.07 bits per heavy atom. The van der Waals surface area contributed by atoms with Crippen LogP contribution in [0.25, 0.3) is 11.5 Å². The molecular formula is C11H10ClN3. The summed E-state index contributed by atoms with van der Waals surface area (Å²) < 4.78 is 0. The molecule has 2 aromatic heterocycles. The lowest BCUT2D eigenvalue weighted by atomic mass is 10.2. The van der Waals surface area contributed by atoms with Crippen LogP contribution in [0.15, 0.2) is 30.7 Å². The van der Waals surface area contributed by atoms with Crippen LogP contribution in [0.3, 0.4) is 0 Å². The molecule has 0 aliphatic carbocycles. The van der Waals surface area contributed by atoms with E-state index in [4.69, 9.17) is 11.6 Å². The van der Waals surface area contributed by atoms with Crippen molar-refractivity contribution in [1.29, 1.82) is 0 Å². The summed E-state index contributed by atoms with van der Waals surface area (Å²) in [7, 11) is 0. The second-order valence-electron chi connectivity index (χ2n) is 3.27. The third kappa shape index (κ3) is 2.30. The molecule has 0 fully saturated rings. The lowest BCUT2D eigenvalue weighted by Gasteiger charge is -2.00. The quantitative estimate of drug-likeness (QED) is 0.729. The van der Waals surface area contributed by atoms with E-state index in [9.17, 15) is 0 Å². The first-order chi connectivity index (χ1) is 7.29. The first-order valence-corrected chi connectivity index (χ1v) is 5.13. The zero-order valence-electron chi connectivity index (χ0n) is 8.31. The summed E-state index contributed by atoms with van der Waals surface area (Å²) in [5.41, 5.74) is 2.81. The van der Waals surface area contributed by atoms with Gasteiger partial charge in [0.25, 0.3) is 0 Å². The highest BCUT2D eigenvalue weighted by molar-refractivity contribution is 6.17. The Balaban J connectivity index is 2.33. The van der Waals surface area contributed by atoms with E-state index in [0.717, 1.165) is 16.8 Å². The van der Waals surface area contributed by atoms with Crippen molar-refractivity contribution in [3.05, 3.63) is 41.9 Å². The smallest absolute Gasteiger partial charge is 0.178 e. The Bertz CT molecular complexity index is 436. The van der Waals surface area contributed by atoms with Gasteiger partial charge >= 0.3 is 0 Å². The summed E-state index contributed by atoms with van der Waals surface area (Å²) in [6.45, 7) is 1.99. The number of rotatable bonds is 2. The van der Waals surface area contributed by atoms with Gasteiger partial charge in [0.1, 0.15) is 5.69 Å². The SMILES string of the molecule is Cc1ccc(-c2ncc(CCl)cn2)nc1.